The van der Waals surface area contributed by atoms with Crippen LogP contribution in [0.25, 0.3) is 0 Å². The van der Waals surface area contributed by atoms with Crippen LogP contribution in [0.5, 0.6) is 0 Å². The standard InChI is InChI=1S/C20H18ClNO4S/c1-3-26-19(23)20(12-22)17(14-6-8-15(21)9-7-14)18(20)27(24,25)16-10-4-13(2)5-11-16/h4-11,17-18H,3H2,1-2H3/t17-,18+,20+/m0/s1. The van der Waals surface area contributed by atoms with Gasteiger partial charge in [-0.05, 0) is 43.7 Å². The molecule has 3 rings (SSSR count). The molecule has 1 fully saturated rings. The van der Waals surface area contributed by atoms with Gasteiger partial charge in [0.1, 0.15) is 5.25 Å². The van der Waals surface area contributed by atoms with Gasteiger partial charge in [-0.1, -0.05) is 41.4 Å². The Bertz CT molecular complexity index is 1010. The van der Waals surface area contributed by atoms with E-state index >= 15 is 0 Å². The third-order valence-corrected chi connectivity index (χ3v) is 7.34. The van der Waals surface area contributed by atoms with Crippen LogP contribution in [0.3, 0.4) is 0 Å². The molecule has 0 aromatic heterocycles. The SMILES string of the molecule is CCOC(=O)[C@@]1(C#N)[C@H](S(=O)(=O)c2ccc(C)cc2)[C@@H]1c1ccc(Cl)cc1. The molecule has 2 aromatic rings. The molecule has 2 aromatic carbocycles. The molecule has 0 aliphatic heterocycles. The zero-order chi connectivity index (χ0) is 19.8. The van der Waals surface area contributed by atoms with Crippen molar-refractivity contribution in [1.82, 2.24) is 0 Å². The minimum Gasteiger partial charge on any atom is -0.465 e. The molecule has 0 saturated heterocycles. The van der Waals surface area contributed by atoms with Gasteiger partial charge in [0.2, 0.25) is 0 Å². The summed E-state index contributed by atoms with van der Waals surface area (Å²) in [6.07, 6.45) is 0. The van der Waals surface area contributed by atoms with Gasteiger partial charge in [0, 0.05) is 10.9 Å². The Morgan fingerprint density at radius 2 is 1.78 bits per heavy atom. The van der Waals surface area contributed by atoms with Gasteiger partial charge < -0.3 is 4.74 Å². The normalized spacial score (nSPS) is 24.1. The van der Waals surface area contributed by atoms with E-state index in [-0.39, 0.29) is 11.5 Å². The minimum absolute atomic E-state index is 0.0624. The van der Waals surface area contributed by atoms with Crippen LogP contribution in [-0.4, -0.2) is 26.2 Å². The Morgan fingerprint density at radius 3 is 2.30 bits per heavy atom. The Morgan fingerprint density at radius 1 is 1.19 bits per heavy atom. The molecule has 0 radical (unpaired) electrons. The monoisotopic (exact) mass is 403 g/mol. The number of hydrogen-bond donors (Lipinski definition) is 0. The van der Waals surface area contributed by atoms with E-state index in [1.54, 1.807) is 43.3 Å². The van der Waals surface area contributed by atoms with Gasteiger partial charge in [-0.25, -0.2) is 8.42 Å². The first-order valence-corrected chi connectivity index (χ1v) is 10.4. The molecule has 3 atom stereocenters. The summed E-state index contributed by atoms with van der Waals surface area (Å²) in [6.45, 7) is 3.53. The molecule has 5 nitrogen and oxygen atoms in total. The van der Waals surface area contributed by atoms with Crippen molar-refractivity contribution in [2.24, 2.45) is 5.41 Å². The van der Waals surface area contributed by atoms with Crippen LogP contribution in [0.4, 0.5) is 0 Å². The first-order valence-electron chi connectivity index (χ1n) is 8.43. The summed E-state index contributed by atoms with van der Waals surface area (Å²) in [4.78, 5) is 12.7. The first-order chi connectivity index (χ1) is 12.8. The fraction of sp³-hybridized carbons (Fsp3) is 0.300. The predicted molar refractivity (Wildman–Crippen MR) is 101 cm³/mol. The lowest BCUT2D eigenvalue weighted by Crippen LogP contribution is -2.25. The highest BCUT2D eigenvalue weighted by Gasteiger charge is 2.77. The number of nitriles is 1. The number of hydrogen-bond acceptors (Lipinski definition) is 5. The Hall–Kier alpha value is -2.36. The van der Waals surface area contributed by atoms with Gasteiger partial charge in [0.25, 0.3) is 0 Å². The highest BCUT2D eigenvalue weighted by Crippen LogP contribution is 2.64. The van der Waals surface area contributed by atoms with E-state index in [9.17, 15) is 18.5 Å². The molecule has 0 spiro atoms. The van der Waals surface area contributed by atoms with Crippen LogP contribution in [0.1, 0.15) is 24.0 Å². The molecule has 0 heterocycles. The Balaban J connectivity index is 2.12. The average Bonchev–Trinajstić information content (AvgIpc) is 3.34. The fourth-order valence-electron chi connectivity index (χ4n) is 3.43. The molecule has 0 N–H and O–H groups in total. The van der Waals surface area contributed by atoms with Crippen molar-refractivity contribution in [2.75, 3.05) is 6.61 Å². The number of halogens is 1. The molecular formula is C20H18ClNO4S. The van der Waals surface area contributed by atoms with Crippen LogP contribution in [0.15, 0.2) is 53.4 Å². The van der Waals surface area contributed by atoms with E-state index in [0.29, 0.717) is 10.6 Å². The Kier molecular flexibility index (Phi) is 5.02. The third-order valence-electron chi connectivity index (χ3n) is 4.84. The van der Waals surface area contributed by atoms with Crippen molar-refractivity contribution in [2.45, 2.75) is 29.9 Å². The van der Waals surface area contributed by atoms with Gasteiger partial charge in [0.15, 0.2) is 15.3 Å². The largest absolute Gasteiger partial charge is 0.465 e. The highest BCUT2D eigenvalue weighted by molar-refractivity contribution is 7.92. The van der Waals surface area contributed by atoms with Crippen molar-refractivity contribution in [3.63, 3.8) is 0 Å². The molecular weight excluding hydrogens is 386 g/mol. The maximum atomic E-state index is 13.3. The maximum Gasteiger partial charge on any atom is 0.328 e. The number of ether oxygens (including phenoxy) is 1. The molecule has 0 bridgehead atoms. The topological polar surface area (TPSA) is 84.2 Å². The second-order valence-electron chi connectivity index (χ2n) is 6.51. The van der Waals surface area contributed by atoms with Crippen LogP contribution in [0.2, 0.25) is 5.02 Å². The van der Waals surface area contributed by atoms with Gasteiger partial charge in [-0.15, -0.1) is 0 Å². The smallest absolute Gasteiger partial charge is 0.328 e. The minimum atomic E-state index is -3.93. The number of nitrogens with zero attached hydrogens (tertiary/aromatic N) is 1. The van der Waals surface area contributed by atoms with Gasteiger partial charge in [0.05, 0.1) is 17.6 Å². The lowest BCUT2D eigenvalue weighted by atomic mass is 10.0. The van der Waals surface area contributed by atoms with Crippen LogP contribution in [-0.2, 0) is 19.4 Å². The summed E-state index contributed by atoms with van der Waals surface area (Å²) in [5.74, 6) is -1.63. The first kappa shape index (κ1) is 19.4. The maximum absolute atomic E-state index is 13.3. The number of aryl methyl sites for hydroxylation is 1. The summed E-state index contributed by atoms with van der Waals surface area (Å²) in [5, 5.41) is 9.10. The van der Waals surface area contributed by atoms with E-state index in [1.807, 2.05) is 13.0 Å². The summed E-state index contributed by atoms with van der Waals surface area (Å²) < 4.78 is 31.6. The van der Waals surface area contributed by atoms with Crippen molar-refractivity contribution in [3.8, 4) is 6.07 Å². The molecule has 0 unspecified atom stereocenters. The summed E-state index contributed by atoms with van der Waals surface area (Å²) >= 11 is 5.92. The van der Waals surface area contributed by atoms with Crippen molar-refractivity contribution < 1.29 is 17.9 Å². The van der Waals surface area contributed by atoms with E-state index in [2.05, 4.69) is 0 Å². The molecule has 0 amide bonds. The van der Waals surface area contributed by atoms with Crippen LogP contribution < -0.4 is 0 Å². The molecule has 1 aliphatic carbocycles. The predicted octanol–water partition coefficient (Wildman–Crippen LogP) is 3.66. The summed E-state index contributed by atoms with van der Waals surface area (Å²) in [5.41, 5.74) is -0.293. The quantitative estimate of drug-likeness (QED) is 0.711. The Labute approximate surface area is 163 Å². The molecule has 27 heavy (non-hydrogen) atoms. The highest BCUT2D eigenvalue weighted by atomic mass is 35.5. The lowest BCUT2D eigenvalue weighted by Gasteiger charge is -2.09. The number of benzene rings is 2. The lowest BCUT2D eigenvalue weighted by molar-refractivity contribution is -0.147. The molecule has 1 aliphatic rings. The number of carbonyl (C=O) groups excluding carboxylic acids is 1. The number of carbonyl (C=O) groups is 1. The van der Waals surface area contributed by atoms with Gasteiger partial charge >= 0.3 is 5.97 Å². The molecule has 7 heteroatoms. The molecule has 140 valence electrons. The van der Waals surface area contributed by atoms with E-state index in [1.165, 1.54) is 12.1 Å². The van der Waals surface area contributed by atoms with E-state index < -0.39 is 32.4 Å². The number of rotatable bonds is 5. The van der Waals surface area contributed by atoms with E-state index in [0.717, 1.165) is 5.56 Å². The number of esters is 1. The zero-order valence-electron chi connectivity index (χ0n) is 14.8. The summed E-state index contributed by atoms with van der Waals surface area (Å²) in [6, 6.07) is 14.8. The van der Waals surface area contributed by atoms with Gasteiger partial charge in [-0.3, -0.25) is 4.79 Å². The fourth-order valence-corrected chi connectivity index (χ4v) is 5.81. The summed E-state index contributed by atoms with van der Waals surface area (Å²) in [7, 11) is -3.93. The van der Waals surface area contributed by atoms with E-state index in [4.69, 9.17) is 16.3 Å². The van der Waals surface area contributed by atoms with Crippen molar-refractivity contribution in [3.05, 3.63) is 64.7 Å². The van der Waals surface area contributed by atoms with Gasteiger partial charge in [-0.2, -0.15) is 5.26 Å². The van der Waals surface area contributed by atoms with Crippen LogP contribution in [0, 0.1) is 23.7 Å². The van der Waals surface area contributed by atoms with Crippen molar-refractivity contribution in [1.29, 1.82) is 5.26 Å². The average molecular weight is 404 g/mol. The van der Waals surface area contributed by atoms with Crippen molar-refractivity contribution >= 4 is 27.4 Å². The second-order valence-corrected chi connectivity index (χ2v) is 9.01. The molecule has 1 saturated carbocycles. The second kappa shape index (κ2) is 6.99. The number of sulfone groups is 1. The third kappa shape index (κ3) is 3.11. The van der Waals surface area contributed by atoms with Crippen LogP contribution >= 0.6 is 11.6 Å². The zero-order valence-corrected chi connectivity index (χ0v) is 16.4.